The van der Waals surface area contributed by atoms with E-state index in [1.807, 2.05) is 12.1 Å². The van der Waals surface area contributed by atoms with Gasteiger partial charge in [-0.3, -0.25) is 4.79 Å². The van der Waals surface area contributed by atoms with Gasteiger partial charge in [0.15, 0.2) is 11.5 Å². The first-order chi connectivity index (χ1) is 8.11. The summed E-state index contributed by atoms with van der Waals surface area (Å²) in [6, 6.07) is 5.50. The SMILES string of the molecule is NC1(C(=O)O)CCC1c1ccc2c(c1)OCO2. The van der Waals surface area contributed by atoms with Crippen LogP contribution in [0.3, 0.4) is 0 Å². The van der Waals surface area contributed by atoms with E-state index in [4.69, 9.17) is 20.3 Å². The lowest BCUT2D eigenvalue weighted by Crippen LogP contribution is -2.59. The molecule has 3 rings (SSSR count). The molecule has 1 aliphatic carbocycles. The van der Waals surface area contributed by atoms with E-state index < -0.39 is 11.5 Å². The third-order valence-electron chi connectivity index (χ3n) is 3.67. The molecule has 1 aliphatic heterocycles. The average molecular weight is 235 g/mol. The maximum Gasteiger partial charge on any atom is 0.324 e. The smallest absolute Gasteiger partial charge is 0.324 e. The average Bonchev–Trinajstić information content (AvgIpc) is 2.73. The fraction of sp³-hybridized carbons (Fsp3) is 0.417. The predicted molar refractivity (Wildman–Crippen MR) is 59.1 cm³/mol. The van der Waals surface area contributed by atoms with E-state index in [-0.39, 0.29) is 12.7 Å². The number of hydrogen-bond donors (Lipinski definition) is 2. The third kappa shape index (κ3) is 1.39. The topological polar surface area (TPSA) is 81.8 Å². The first kappa shape index (κ1) is 10.4. The highest BCUT2D eigenvalue weighted by Gasteiger charge is 2.50. The molecule has 2 atom stereocenters. The summed E-state index contributed by atoms with van der Waals surface area (Å²) in [5, 5.41) is 9.14. The molecule has 2 unspecified atom stereocenters. The molecule has 90 valence electrons. The van der Waals surface area contributed by atoms with Crippen LogP contribution in [0.5, 0.6) is 11.5 Å². The lowest BCUT2D eigenvalue weighted by atomic mass is 9.64. The zero-order chi connectivity index (χ0) is 12.0. The Balaban J connectivity index is 1.93. The first-order valence-corrected chi connectivity index (χ1v) is 5.53. The van der Waals surface area contributed by atoms with Crippen molar-refractivity contribution in [2.24, 2.45) is 5.73 Å². The molecule has 0 spiro atoms. The zero-order valence-corrected chi connectivity index (χ0v) is 9.18. The van der Waals surface area contributed by atoms with Crippen LogP contribution >= 0.6 is 0 Å². The maximum absolute atomic E-state index is 11.1. The third-order valence-corrected chi connectivity index (χ3v) is 3.67. The number of carbonyl (C=O) groups is 1. The van der Waals surface area contributed by atoms with Gasteiger partial charge in [0.2, 0.25) is 6.79 Å². The second kappa shape index (κ2) is 3.37. The van der Waals surface area contributed by atoms with Gasteiger partial charge in [0, 0.05) is 5.92 Å². The molecule has 5 nitrogen and oxygen atoms in total. The number of benzene rings is 1. The van der Waals surface area contributed by atoms with Crippen LogP contribution in [0, 0.1) is 0 Å². The van der Waals surface area contributed by atoms with Gasteiger partial charge in [0.25, 0.3) is 0 Å². The molecule has 0 saturated heterocycles. The molecule has 2 aliphatic rings. The van der Waals surface area contributed by atoms with Gasteiger partial charge in [0.1, 0.15) is 5.54 Å². The second-order valence-corrected chi connectivity index (χ2v) is 4.55. The van der Waals surface area contributed by atoms with Crippen LogP contribution in [0.25, 0.3) is 0 Å². The molecule has 0 aromatic heterocycles. The summed E-state index contributed by atoms with van der Waals surface area (Å²) < 4.78 is 10.5. The van der Waals surface area contributed by atoms with Crippen LogP contribution in [-0.4, -0.2) is 23.4 Å². The minimum Gasteiger partial charge on any atom is -0.480 e. The number of carboxylic acids is 1. The highest BCUT2D eigenvalue weighted by atomic mass is 16.7. The lowest BCUT2D eigenvalue weighted by Gasteiger charge is -2.43. The van der Waals surface area contributed by atoms with E-state index in [2.05, 4.69) is 0 Å². The zero-order valence-electron chi connectivity index (χ0n) is 9.18. The highest BCUT2D eigenvalue weighted by Crippen LogP contribution is 2.46. The molecular formula is C12H13NO4. The van der Waals surface area contributed by atoms with Crippen molar-refractivity contribution in [1.82, 2.24) is 0 Å². The monoisotopic (exact) mass is 235 g/mol. The Kier molecular flexibility index (Phi) is 2.06. The van der Waals surface area contributed by atoms with Crippen LogP contribution in [0.1, 0.15) is 24.3 Å². The summed E-state index contributed by atoms with van der Waals surface area (Å²) in [7, 11) is 0. The van der Waals surface area contributed by atoms with Crippen molar-refractivity contribution < 1.29 is 19.4 Å². The first-order valence-electron chi connectivity index (χ1n) is 5.53. The van der Waals surface area contributed by atoms with Gasteiger partial charge >= 0.3 is 5.97 Å². The molecule has 1 heterocycles. The minimum absolute atomic E-state index is 0.144. The van der Waals surface area contributed by atoms with E-state index in [9.17, 15) is 4.79 Å². The molecule has 0 amide bonds. The molecule has 1 aromatic carbocycles. The molecule has 0 radical (unpaired) electrons. The van der Waals surface area contributed by atoms with Crippen molar-refractivity contribution in [2.75, 3.05) is 6.79 Å². The van der Waals surface area contributed by atoms with E-state index in [0.717, 1.165) is 12.0 Å². The van der Waals surface area contributed by atoms with Gasteiger partial charge < -0.3 is 20.3 Å². The van der Waals surface area contributed by atoms with Crippen LogP contribution < -0.4 is 15.2 Å². The van der Waals surface area contributed by atoms with Gasteiger partial charge in [-0.2, -0.15) is 0 Å². The molecule has 17 heavy (non-hydrogen) atoms. The van der Waals surface area contributed by atoms with Crippen LogP contribution in [0.4, 0.5) is 0 Å². The van der Waals surface area contributed by atoms with E-state index in [1.54, 1.807) is 6.07 Å². The van der Waals surface area contributed by atoms with Gasteiger partial charge in [0.05, 0.1) is 0 Å². The van der Waals surface area contributed by atoms with Gasteiger partial charge in [-0.05, 0) is 30.5 Å². The summed E-state index contributed by atoms with van der Waals surface area (Å²) in [6.45, 7) is 0.218. The largest absolute Gasteiger partial charge is 0.480 e. The Morgan fingerprint density at radius 3 is 2.82 bits per heavy atom. The molecule has 0 bridgehead atoms. The van der Waals surface area contributed by atoms with E-state index in [0.29, 0.717) is 17.9 Å². The molecule has 1 saturated carbocycles. The van der Waals surface area contributed by atoms with Crippen molar-refractivity contribution in [3.63, 3.8) is 0 Å². The fourth-order valence-electron chi connectivity index (χ4n) is 2.45. The number of rotatable bonds is 2. The van der Waals surface area contributed by atoms with E-state index >= 15 is 0 Å². The van der Waals surface area contributed by atoms with Crippen LogP contribution in [-0.2, 0) is 4.79 Å². The number of aliphatic carboxylic acids is 1. The minimum atomic E-state index is -1.13. The molecule has 3 N–H and O–H groups in total. The van der Waals surface area contributed by atoms with Gasteiger partial charge in [-0.15, -0.1) is 0 Å². The Morgan fingerprint density at radius 2 is 2.18 bits per heavy atom. The number of hydrogen-bond acceptors (Lipinski definition) is 4. The summed E-state index contributed by atoms with van der Waals surface area (Å²) in [4.78, 5) is 11.1. The number of carboxylic acid groups (broad SMARTS) is 1. The Labute approximate surface area is 98.1 Å². The van der Waals surface area contributed by atoms with Crippen molar-refractivity contribution in [1.29, 1.82) is 0 Å². The lowest BCUT2D eigenvalue weighted by molar-refractivity contribution is -0.148. The highest BCUT2D eigenvalue weighted by molar-refractivity contribution is 5.81. The maximum atomic E-state index is 11.1. The Hall–Kier alpha value is -1.75. The van der Waals surface area contributed by atoms with Crippen molar-refractivity contribution >= 4 is 5.97 Å². The predicted octanol–water partition coefficient (Wildman–Crippen LogP) is 1.07. The summed E-state index contributed by atoms with van der Waals surface area (Å²) in [5.41, 5.74) is 5.67. The Bertz CT molecular complexity index is 487. The normalized spacial score (nSPS) is 29.8. The van der Waals surface area contributed by atoms with Crippen LogP contribution in [0.15, 0.2) is 18.2 Å². The summed E-state index contributed by atoms with van der Waals surface area (Å²) in [5.74, 6) is 0.286. The van der Waals surface area contributed by atoms with Crippen molar-refractivity contribution in [3.8, 4) is 11.5 Å². The molecule has 1 fully saturated rings. The quantitative estimate of drug-likeness (QED) is 0.801. The standard InChI is InChI=1S/C12H13NO4/c13-12(11(14)15)4-3-8(12)7-1-2-9-10(5-7)17-6-16-9/h1-2,5,8H,3-4,6,13H2,(H,14,15). The van der Waals surface area contributed by atoms with Gasteiger partial charge in [-0.25, -0.2) is 0 Å². The fourth-order valence-corrected chi connectivity index (χ4v) is 2.45. The molecule has 1 aromatic rings. The van der Waals surface area contributed by atoms with Crippen molar-refractivity contribution in [2.45, 2.75) is 24.3 Å². The van der Waals surface area contributed by atoms with Crippen molar-refractivity contribution in [3.05, 3.63) is 23.8 Å². The molecule has 5 heteroatoms. The molecular weight excluding hydrogens is 222 g/mol. The Morgan fingerprint density at radius 1 is 1.41 bits per heavy atom. The number of fused-ring (bicyclic) bond motifs is 1. The second-order valence-electron chi connectivity index (χ2n) is 4.55. The van der Waals surface area contributed by atoms with Gasteiger partial charge in [-0.1, -0.05) is 6.07 Å². The van der Waals surface area contributed by atoms with E-state index in [1.165, 1.54) is 0 Å². The number of ether oxygens (including phenoxy) is 2. The van der Waals surface area contributed by atoms with Crippen LogP contribution in [0.2, 0.25) is 0 Å². The summed E-state index contributed by atoms with van der Waals surface area (Å²) in [6.07, 6.45) is 1.31. The number of nitrogens with two attached hydrogens (primary N) is 1. The summed E-state index contributed by atoms with van der Waals surface area (Å²) >= 11 is 0.